The molecular formula is C11H14ClNO3S. The Morgan fingerprint density at radius 1 is 1.35 bits per heavy atom. The van der Waals surface area contributed by atoms with Gasteiger partial charge in [0.15, 0.2) is 0 Å². The van der Waals surface area contributed by atoms with E-state index >= 15 is 0 Å². The summed E-state index contributed by atoms with van der Waals surface area (Å²) < 4.78 is 26.3. The van der Waals surface area contributed by atoms with Gasteiger partial charge >= 0.3 is 0 Å². The Morgan fingerprint density at radius 3 is 2.59 bits per heavy atom. The molecule has 0 unspecified atom stereocenters. The molecule has 0 saturated heterocycles. The molecule has 0 radical (unpaired) electrons. The molecule has 0 atom stereocenters. The predicted molar refractivity (Wildman–Crippen MR) is 66.7 cm³/mol. The highest BCUT2D eigenvalue weighted by atomic mass is 35.5. The van der Waals surface area contributed by atoms with Crippen molar-refractivity contribution in [2.45, 2.75) is 24.7 Å². The van der Waals surface area contributed by atoms with Gasteiger partial charge < -0.3 is 0 Å². The molecule has 0 heterocycles. The standard InChI is InChI=1S/C11H14ClNO3S/c1-2-3-8-13-17(15,16)10-7-5-4-6-9(10)11(12)14/h4-7,13H,2-3,8H2,1H3. The smallest absolute Gasteiger partial charge is 0.253 e. The number of unbranched alkanes of at least 4 members (excludes halogenated alkanes) is 1. The number of hydrogen-bond acceptors (Lipinski definition) is 3. The van der Waals surface area contributed by atoms with E-state index in [-0.39, 0.29) is 10.5 Å². The molecule has 1 N–H and O–H groups in total. The molecule has 1 rings (SSSR count). The second-order valence-electron chi connectivity index (χ2n) is 3.52. The number of hydrogen-bond donors (Lipinski definition) is 1. The van der Waals surface area contributed by atoms with Crippen LogP contribution in [0.25, 0.3) is 0 Å². The first-order valence-electron chi connectivity index (χ1n) is 5.27. The lowest BCUT2D eigenvalue weighted by molar-refractivity contribution is 0.107. The van der Waals surface area contributed by atoms with Crippen molar-refractivity contribution in [2.24, 2.45) is 0 Å². The zero-order chi connectivity index (χ0) is 12.9. The molecule has 0 aliphatic rings. The van der Waals surface area contributed by atoms with E-state index in [1.165, 1.54) is 12.1 Å². The third kappa shape index (κ3) is 3.80. The molecule has 0 spiro atoms. The van der Waals surface area contributed by atoms with Gasteiger partial charge in [0.25, 0.3) is 5.24 Å². The lowest BCUT2D eigenvalue weighted by Crippen LogP contribution is -2.26. The molecule has 17 heavy (non-hydrogen) atoms. The van der Waals surface area contributed by atoms with Crippen LogP contribution in [0.1, 0.15) is 30.1 Å². The Labute approximate surface area is 106 Å². The summed E-state index contributed by atoms with van der Waals surface area (Å²) in [6.07, 6.45) is 1.63. The molecule has 4 nitrogen and oxygen atoms in total. The minimum absolute atomic E-state index is 0.00170. The molecule has 1 aromatic rings. The molecule has 0 aromatic heterocycles. The van der Waals surface area contributed by atoms with Gasteiger partial charge in [0.05, 0.1) is 10.5 Å². The predicted octanol–water partition coefficient (Wildman–Crippen LogP) is 2.14. The van der Waals surface area contributed by atoms with E-state index < -0.39 is 15.3 Å². The Morgan fingerprint density at radius 2 is 2.00 bits per heavy atom. The fourth-order valence-electron chi connectivity index (χ4n) is 1.32. The number of rotatable bonds is 6. The van der Waals surface area contributed by atoms with E-state index in [1.807, 2.05) is 6.92 Å². The summed E-state index contributed by atoms with van der Waals surface area (Å²) in [5.74, 6) is 0. The highest BCUT2D eigenvalue weighted by molar-refractivity contribution is 7.89. The zero-order valence-corrected chi connectivity index (χ0v) is 11.0. The first kappa shape index (κ1) is 14.2. The molecule has 0 amide bonds. The minimum Gasteiger partial charge on any atom is -0.276 e. The summed E-state index contributed by atoms with van der Waals surface area (Å²) in [5.41, 5.74) is -0.00170. The molecule has 0 saturated carbocycles. The summed E-state index contributed by atoms with van der Waals surface area (Å²) in [4.78, 5) is 11.0. The molecule has 1 aromatic carbocycles. The number of carbonyl (C=O) groups is 1. The van der Waals surface area contributed by atoms with Crippen molar-refractivity contribution >= 4 is 26.9 Å². The lowest BCUT2D eigenvalue weighted by Gasteiger charge is -2.08. The summed E-state index contributed by atoms with van der Waals surface area (Å²) in [5, 5.41) is -0.776. The number of sulfonamides is 1. The highest BCUT2D eigenvalue weighted by Crippen LogP contribution is 2.17. The number of carbonyl (C=O) groups excluding carboxylic acids is 1. The number of nitrogens with one attached hydrogen (secondary N) is 1. The second-order valence-corrected chi connectivity index (χ2v) is 5.60. The van der Waals surface area contributed by atoms with Crippen molar-refractivity contribution in [2.75, 3.05) is 6.54 Å². The van der Waals surface area contributed by atoms with Crippen molar-refractivity contribution in [3.63, 3.8) is 0 Å². The van der Waals surface area contributed by atoms with Gasteiger partial charge in [0.1, 0.15) is 0 Å². The van der Waals surface area contributed by atoms with E-state index in [0.29, 0.717) is 6.54 Å². The van der Waals surface area contributed by atoms with Crippen LogP contribution in [-0.4, -0.2) is 20.2 Å². The SMILES string of the molecule is CCCCNS(=O)(=O)c1ccccc1C(=O)Cl. The average molecular weight is 276 g/mol. The maximum Gasteiger partial charge on any atom is 0.253 e. The van der Waals surface area contributed by atoms with Gasteiger partial charge in [-0.2, -0.15) is 0 Å². The van der Waals surface area contributed by atoms with Crippen molar-refractivity contribution in [3.05, 3.63) is 29.8 Å². The van der Waals surface area contributed by atoms with Crippen LogP contribution in [0.4, 0.5) is 0 Å². The van der Waals surface area contributed by atoms with Gasteiger partial charge in [-0.05, 0) is 30.2 Å². The van der Waals surface area contributed by atoms with E-state index in [4.69, 9.17) is 11.6 Å². The molecule has 6 heteroatoms. The number of benzene rings is 1. The van der Waals surface area contributed by atoms with Crippen LogP contribution >= 0.6 is 11.6 Å². The zero-order valence-electron chi connectivity index (χ0n) is 9.44. The van der Waals surface area contributed by atoms with Crippen LogP contribution in [0, 0.1) is 0 Å². The maximum absolute atomic E-state index is 11.9. The minimum atomic E-state index is -3.66. The fourth-order valence-corrected chi connectivity index (χ4v) is 2.82. The van der Waals surface area contributed by atoms with Gasteiger partial charge in [-0.15, -0.1) is 0 Å². The van der Waals surface area contributed by atoms with Crippen LogP contribution in [0.5, 0.6) is 0 Å². The topological polar surface area (TPSA) is 63.2 Å². The van der Waals surface area contributed by atoms with Crippen molar-refractivity contribution in [1.82, 2.24) is 4.72 Å². The lowest BCUT2D eigenvalue weighted by atomic mass is 10.2. The first-order chi connectivity index (χ1) is 7.99. The molecule has 0 fully saturated rings. The van der Waals surface area contributed by atoms with E-state index in [2.05, 4.69) is 4.72 Å². The second kappa shape index (κ2) is 6.14. The fraction of sp³-hybridized carbons (Fsp3) is 0.364. The van der Waals surface area contributed by atoms with Crippen LogP contribution in [0.15, 0.2) is 29.2 Å². The third-order valence-electron chi connectivity index (χ3n) is 2.21. The quantitative estimate of drug-likeness (QED) is 0.639. The van der Waals surface area contributed by atoms with E-state index in [9.17, 15) is 13.2 Å². The maximum atomic E-state index is 11.9. The number of halogens is 1. The van der Waals surface area contributed by atoms with Crippen LogP contribution in [0.3, 0.4) is 0 Å². The molecule has 0 bridgehead atoms. The van der Waals surface area contributed by atoms with Crippen LogP contribution < -0.4 is 4.72 Å². The van der Waals surface area contributed by atoms with E-state index in [0.717, 1.165) is 12.8 Å². The Bertz CT molecular complexity index is 499. The monoisotopic (exact) mass is 275 g/mol. The van der Waals surface area contributed by atoms with Crippen molar-refractivity contribution in [1.29, 1.82) is 0 Å². The van der Waals surface area contributed by atoms with Gasteiger partial charge in [-0.25, -0.2) is 13.1 Å². The van der Waals surface area contributed by atoms with Crippen molar-refractivity contribution < 1.29 is 13.2 Å². The Hall–Kier alpha value is -0.910. The molecule has 0 aliphatic carbocycles. The van der Waals surface area contributed by atoms with Gasteiger partial charge in [-0.1, -0.05) is 25.5 Å². The average Bonchev–Trinajstić information content (AvgIpc) is 2.29. The normalized spacial score (nSPS) is 11.4. The molecular weight excluding hydrogens is 262 g/mol. The Kier molecular flexibility index (Phi) is 5.11. The largest absolute Gasteiger partial charge is 0.276 e. The van der Waals surface area contributed by atoms with E-state index in [1.54, 1.807) is 12.1 Å². The van der Waals surface area contributed by atoms with Crippen LogP contribution in [-0.2, 0) is 10.0 Å². The van der Waals surface area contributed by atoms with Gasteiger partial charge in [0, 0.05) is 6.54 Å². The first-order valence-corrected chi connectivity index (χ1v) is 7.13. The Balaban J connectivity index is 3.02. The third-order valence-corrected chi connectivity index (χ3v) is 3.93. The van der Waals surface area contributed by atoms with Crippen LogP contribution in [0.2, 0.25) is 0 Å². The highest BCUT2D eigenvalue weighted by Gasteiger charge is 2.20. The summed E-state index contributed by atoms with van der Waals surface area (Å²) in [6, 6.07) is 5.88. The van der Waals surface area contributed by atoms with Gasteiger partial charge in [0.2, 0.25) is 10.0 Å². The molecule has 0 aliphatic heterocycles. The van der Waals surface area contributed by atoms with Gasteiger partial charge in [-0.3, -0.25) is 4.79 Å². The van der Waals surface area contributed by atoms with Crippen molar-refractivity contribution in [3.8, 4) is 0 Å². The molecule has 94 valence electrons. The summed E-state index contributed by atoms with van der Waals surface area (Å²) >= 11 is 5.34. The summed E-state index contributed by atoms with van der Waals surface area (Å²) in [7, 11) is -3.66. The summed E-state index contributed by atoms with van der Waals surface area (Å²) in [6.45, 7) is 2.31.